The monoisotopic (exact) mass is 245 g/mol. The van der Waals surface area contributed by atoms with Crippen LogP contribution in [0.25, 0.3) is 0 Å². The molecule has 0 aliphatic heterocycles. The largest absolute Gasteiger partial charge is 0.481 e. The SMILES string of the molecule is CCOC(=O)N(C(C)C(C)C(=O)O)C(C)(C)C. The molecule has 0 aliphatic rings. The molecule has 0 bridgehead atoms. The molecule has 0 saturated carbocycles. The predicted octanol–water partition coefficient (Wildman–Crippen LogP) is 2.35. The van der Waals surface area contributed by atoms with Crippen molar-refractivity contribution in [3.63, 3.8) is 0 Å². The number of carboxylic acid groups (broad SMARTS) is 1. The molecule has 17 heavy (non-hydrogen) atoms. The van der Waals surface area contributed by atoms with E-state index in [4.69, 9.17) is 9.84 Å². The quantitative estimate of drug-likeness (QED) is 0.825. The number of carbonyl (C=O) groups excluding carboxylic acids is 1. The molecule has 0 aromatic heterocycles. The van der Waals surface area contributed by atoms with Crippen molar-refractivity contribution in [2.45, 2.75) is 53.1 Å². The van der Waals surface area contributed by atoms with Crippen molar-refractivity contribution in [1.82, 2.24) is 4.90 Å². The second-order valence-corrected chi connectivity index (χ2v) is 5.11. The Hall–Kier alpha value is -1.26. The lowest BCUT2D eigenvalue weighted by Crippen LogP contribution is -2.54. The van der Waals surface area contributed by atoms with Crippen LogP contribution < -0.4 is 0 Å². The summed E-state index contributed by atoms with van der Waals surface area (Å²) in [5.74, 6) is -1.56. The first-order valence-electron chi connectivity index (χ1n) is 5.81. The molecular formula is C12H23NO4. The molecule has 0 saturated heterocycles. The van der Waals surface area contributed by atoms with Crippen LogP contribution >= 0.6 is 0 Å². The van der Waals surface area contributed by atoms with E-state index in [0.29, 0.717) is 0 Å². The van der Waals surface area contributed by atoms with Gasteiger partial charge in [0.05, 0.1) is 12.5 Å². The van der Waals surface area contributed by atoms with Gasteiger partial charge in [0.1, 0.15) is 0 Å². The number of hydrogen-bond acceptors (Lipinski definition) is 3. The third kappa shape index (κ3) is 4.24. The lowest BCUT2D eigenvalue weighted by Gasteiger charge is -2.40. The Morgan fingerprint density at radius 2 is 1.76 bits per heavy atom. The third-order valence-corrected chi connectivity index (χ3v) is 2.71. The van der Waals surface area contributed by atoms with Crippen LogP contribution in [-0.2, 0) is 9.53 Å². The van der Waals surface area contributed by atoms with Crippen LogP contribution in [0.2, 0.25) is 0 Å². The van der Waals surface area contributed by atoms with Crippen molar-refractivity contribution in [3.8, 4) is 0 Å². The van der Waals surface area contributed by atoms with E-state index in [1.54, 1.807) is 20.8 Å². The lowest BCUT2D eigenvalue weighted by molar-refractivity contribution is -0.143. The van der Waals surface area contributed by atoms with Gasteiger partial charge >= 0.3 is 12.1 Å². The standard InChI is InChI=1S/C12H23NO4/c1-7-17-11(16)13(12(4,5)6)9(3)8(2)10(14)15/h8-9H,7H2,1-6H3,(H,14,15). The molecular weight excluding hydrogens is 222 g/mol. The summed E-state index contributed by atoms with van der Waals surface area (Å²) in [5.41, 5.74) is -0.477. The van der Waals surface area contributed by atoms with Crippen molar-refractivity contribution in [2.24, 2.45) is 5.92 Å². The van der Waals surface area contributed by atoms with Crippen molar-refractivity contribution >= 4 is 12.1 Å². The second-order valence-electron chi connectivity index (χ2n) is 5.11. The molecule has 2 atom stereocenters. The number of carbonyl (C=O) groups is 2. The van der Waals surface area contributed by atoms with E-state index in [-0.39, 0.29) is 6.61 Å². The molecule has 0 spiro atoms. The Kier molecular flexibility index (Phi) is 5.45. The van der Waals surface area contributed by atoms with E-state index < -0.39 is 29.6 Å². The molecule has 0 aromatic rings. The molecule has 0 rings (SSSR count). The maximum atomic E-state index is 11.9. The summed E-state index contributed by atoms with van der Waals surface area (Å²) in [7, 11) is 0. The number of hydrogen-bond donors (Lipinski definition) is 1. The number of nitrogens with zero attached hydrogens (tertiary/aromatic N) is 1. The van der Waals surface area contributed by atoms with E-state index in [0.717, 1.165) is 0 Å². The minimum atomic E-state index is -0.920. The van der Waals surface area contributed by atoms with Crippen LogP contribution in [-0.4, -0.2) is 40.3 Å². The highest BCUT2D eigenvalue weighted by Crippen LogP contribution is 2.23. The van der Waals surface area contributed by atoms with Crippen LogP contribution in [0.3, 0.4) is 0 Å². The Morgan fingerprint density at radius 3 is 2.06 bits per heavy atom. The number of amides is 1. The maximum absolute atomic E-state index is 11.9. The normalized spacial score (nSPS) is 14.9. The molecule has 1 N–H and O–H groups in total. The number of rotatable bonds is 4. The first kappa shape index (κ1) is 15.7. The number of ether oxygens (including phenoxy) is 1. The van der Waals surface area contributed by atoms with Gasteiger partial charge in [-0.05, 0) is 41.5 Å². The van der Waals surface area contributed by atoms with Gasteiger partial charge in [0.2, 0.25) is 0 Å². The fraction of sp³-hybridized carbons (Fsp3) is 0.833. The van der Waals surface area contributed by atoms with Gasteiger partial charge in [0.15, 0.2) is 0 Å². The summed E-state index contributed by atoms with van der Waals surface area (Å²) in [5, 5.41) is 9.00. The highest BCUT2D eigenvalue weighted by molar-refractivity contribution is 5.73. The predicted molar refractivity (Wildman–Crippen MR) is 64.9 cm³/mol. The summed E-state index contributed by atoms with van der Waals surface area (Å²) in [6, 6.07) is -0.424. The summed E-state index contributed by atoms with van der Waals surface area (Å²) in [6.07, 6.45) is -0.472. The fourth-order valence-corrected chi connectivity index (χ4v) is 1.67. The van der Waals surface area contributed by atoms with Gasteiger partial charge in [-0.2, -0.15) is 0 Å². The highest BCUT2D eigenvalue weighted by Gasteiger charge is 2.36. The average molecular weight is 245 g/mol. The van der Waals surface area contributed by atoms with E-state index in [1.807, 2.05) is 20.8 Å². The zero-order chi connectivity index (χ0) is 13.8. The van der Waals surface area contributed by atoms with Crippen molar-refractivity contribution < 1.29 is 19.4 Å². The molecule has 1 amide bonds. The number of carboxylic acids is 1. The zero-order valence-corrected chi connectivity index (χ0v) is 11.5. The minimum Gasteiger partial charge on any atom is -0.481 e. The van der Waals surface area contributed by atoms with Crippen LogP contribution in [0.5, 0.6) is 0 Å². The van der Waals surface area contributed by atoms with E-state index >= 15 is 0 Å². The molecule has 5 nitrogen and oxygen atoms in total. The van der Waals surface area contributed by atoms with Crippen LogP contribution in [0, 0.1) is 5.92 Å². The third-order valence-electron chi connectivity index (χ3n) is 2.71. The van der Waals surface area contributed by atoms with Gasteiger partial charge in [-0.15, -0.1) is 0 Å². The molecule has 100 valence electrons. The van der Waals surface area contributed by atoms with Gasteiger partial charge < -0.3 is 9.84 Å². The first-order valence-corrected chi connectivity index (χ1v) is 5.81. The first-order chi connectivity index (χ1) is 7.62. The summed E-state index contributed by atoms with van der Waals surface area (Å²) in [6.45, 7) is 10.9. The highest BCUT2D eigenvalue weighted by atomic mass is 16.6. The van der Waals surface area contributed by atoms with Gasteiger partial charge in [0, 0.05) is 11.6 Å². The molecule has 0 aromatic carbocycles. The number of aliphatic carboxylic acids is 1. The maximum Gasteiger partial charge on any atom is 0.410 e. The Balaban J connectivity index is 5.06. The average Bonchev–Trinajstić information content (AvgIpc) is 2.14. The summed E-state index contributed by atoms with van der Waals surface area (Å²) >= 11 is 0. The topological polar surface area (TPSA) is 66.8 Å². The molecule has 5 heteroatoms. The van der Waals surface area contributed by atoms with E-state index in [9.17, 15) is 9.59 Å². The zero-order valence-electron chi connectivity index (χ0n) is 11.5. The Morgan fingerprint density at radius 1 is 1.29 bits per heavy atom. The lowest BCUT2D eigenvalue weighted by atomic mass is 9.96. The summed E-state index contributed by atoms with van der Waals surface area (Å²) < 4.78 is 4.98. The van der Waals surface area contributed by atoms with Crippen molar-refractivity contribution in [3.05, 3.63) is 0 Å². The van der Waals surface area contributed by atoms with E-state index in [1.165, 1.54) is 4.90 Å². The van der Waals surface area contributed by atoms with Gasteiger partial charge in [-0.1, -0.05) is 0 Å². The van der Waals surface area contributed by atoms with Crippen LogP contribution in [0.15, 0.2) is 0 Å². The summed E-state index contributed by atoms with van der Waals surface area (Å²) in [4.78, 5) is 24.3. The van der Waals surface area contributed by atoms with Crippen molar-refractivity contribution in [2.75, 3.05) is 6.61 Å². The van der Waals surface area contributed by atoms with Crippen LogP contribution in [0.1, 0.15) is 41.5 Å². The van der Waals surface area contributed by atoms with Gasteiger partial charge in [-0.3, -0.25) is 9.69 Å². The fourth-order valence-electron chi connectivity index (χ4n) is 1.67. The van der Waals surface area contributed by atoms with Gasteiger partial charge in [-0.25, -0.2) is 4.79 Å². The van der Waals surface area contributed by atoms with Gasteiger partial charge in [0.25, 0.3) is 0 Å². The molecule has 0 fully saturated rings. The van der Waals surface area contributed by atoms with E-state index in [2.05, 4.69) is 0 Å². The molecule has 0 aliphatic carbocycles. The minimum absolute atomic E-state index is 0.277. The Labute approximate surface area is 103 Å². The molecule has 2 unspecified atom stereocenters. The molecule has 0 radical (unpaired) electrons. The van der Waals surface area contributed by atoms with Crippen molar-refractivity contribution in [1.29, 1.82) is 0 Å². The van der Waals surface area contributed by atoms with Crippen LogP contribution in [0.4, 0.5) is 4.79 Å². The second kappa shape index (κ2) is 5.89. The molecule has 0 heterocycles. The Bertz CT molecular complexity index is 283. The smallest absolute Gasteiger partial charge is 0.410 e.